The van der Waals surface area contributed by atoms with E-state index in [1.807, 2.05) is 0 Å². The van der Waals surface area contributed by atoms with Gasteiger partial charge in [-0.25, -0.2) is 0 Å². The molecule has 4 nitrogen and oxygen atoms in total. The summed E-state index contributed by atoms with van der Waals surface area (Å²) in [7, 11) is 0. The topological polar surface area (TPSA) is 56.7 Å². The second-order valence-corrected chi connectivity index (χ2v) is 4.30. The molecule has 0 atom stereocenters. The van der Waals surface area contributed by atoms with Crippen LogP contribution in [0.2, 0.25) is 0 Å². The molecule has 0 amide bonds. The van der Waals surface area contributed by atoms with Crippen molar-refractivity contribution in [3.05, 3.63) is 11.6 Å². The Kier molecular flexibility index (Phi) is 3.23. The van der Waals surface area contributed by atoms with Crippen molar-refractivity contribution in [2.24, 2.45) is 5.73 Å². The maximum atomic E-state index is 12.6. The minimum absolute atomic E-state index is 0.0593. The normalized spacial score (nSPS) is 17.3. The lowest BCUT2D eigenvalue weighted by atomic mass is 10.1. The minimum Gasteiger partial charge on any atom is -0.324 e. The maximum absolute atomic E-state index is 12.6. The van der Waals surface area contributed by atoms with Gasteiger partial charge in [0.05, 0.1) is 6.54 Å². The molecule has 0 bridgehead atoms. The van der Waals surface area contributed by atoms with E-state index >= 15 is 0 Å². The third kappa shape index (κ3) is 2.67. The highest BCUT2D eigenvalue weighted by molar-refractivity contribution is 5.11. The average molecular weight is 288 g/mol. The number of nitrogens with zero attached hydrogens (tertiary/aromatic N) is 3. The lowest BCUT2D eigenvalue weighted by molar-refractivity contribution is -0.256. The van der Waals surface area contributed by atoms with E-state index in [4.69, 9.17) is 5.73 Å². The molecular weight excluding hydrogens is 278 g/mol. The van der Waals surface area contributed by atoms with Crippen molar-refractivity contribution < 1.29 is 26.3 Å². The molecule has 0 aromatic carbocycles. The van der Waals surface area contributed by atoms with Gasteiger partial charge in [0.25, 0.3) is 0 Å². The highest BCUT2D eigenvalue weighted by Gasteiger charge is 2.60. The van der Waals surface area contributed by atoms with Crippen molar-refractivity contribution in [2.45, 2.75) is 43.7 Å². The molecule has 108 valence electrons. The van der Waals surface area contributed by atoms with Crippen molar-refractivity contribution in [3.63, 3.8) is 0 Å². The number of nitrogens with two attached hydrogens (primary N) is 1. The first-order chi connectivity index (χ1) is 8.66. The molecule has 1 saturated carbocycles. The zero-order valence-corrected chi connectivity index (χ0v) is 9.46. The minimum atomic E-state index is -5.47. The van der Waals surface area contributed by atoms with Crippen molar-refractivity contribution in [2.75, 3.05) is 0 Å². The SMILES string of the molecule is NCc1nnc(C(C(F)(F)F)C(F)(F)F)n1C1CC1. The number of halogens is 6. The predicted molar refractivity (Wildman–Crippen MR) is 51.0 cm³/mol. The molecule has 0 radical (unpaired) electrons. The highest BCUT2D eigenvalue weighted by Crippen LogP contribution is 2.48. The number of rotatable bonds is 3. The summed E-state index contributed by atoms with van der Waals surface area (Å²) in [6.07, 6.45) is -9.94. The average Bonchev–Trinajstić information content (AvgIpc) is 2.97. The van der Waals surface area contributed by atoms with Crippen LogP contribution >= 0.6 is 0 Å². The van der Waals surface area contributed by atoms with Crippen molar-refractivity contribution in [1.82, 2.24) is 14.8 Å². The molecule has 1 aliphatic carbocycles. The van der Waals surface area contributed by atoms with Crippen LogP contribution in [0.3, 0.4) is 0 Å². The second kappa shape index (κ2) is 4.36. The fourth-order valence-electron chi connectivity index (χ4n) is 1.88. The molecule has 2 N–H and O–H groups in total. The molecule has 1 heterocycles. The van der Waals surface area contributed by atoms with Gasteiger partial charge in [-0.05, 0) is 12.8 Å². The summed E-state index contributed by atoms with van der Waals surface area (Å²) >= 11 is 0. The Morgan fingerprint density at radius 2 is 1.63 bits per heavy atom. The van der Waals surface area contributed by atoms with Crippen LogP contribution < -0.4 is 5.73 Å². The van der Waals surface area contributed by atoms with Crippen LogP contribution in [0.5, 0.6) is 0 Å². The molecule has 0 spiro atoms. The van der Waals surface area contributed by atoms with Crippen LogP contribution in [-0.4, -0.2) is 27.1 Å². The lowest BCUT2D eigenvalue weighted by Crippen LogP contribution is -2.36. The molecule has 1 aromatic heterocycles. The maximum Gasteiger partial charge on any atom is 0.407 e. The Bertz CT molecular complexity index is 444. The van der Waals surface area contributed by atoms with Crippen LogP contribution in [0, 0.1) is 0 Å². The van der Waals surface area contributed by atoms with Crippen LogP contribution in [0.1, 0.15) is 36.5 Å². The molecule has 10 heteroatoms. The number of hydrogen-bond donors (Lipinski definition) is 1. The summed E-state index contributed by atoms with van der Waals surface area (Å²) < 4.78 is 76.8. The van der Waals surface area contributed by atoms with E-state index in [1.54, 1.807) is 0 Å². The summed E-state index contributed by atoms with van der Waals surface area (Å²) in [6.45, 7) is -0.258. The molecule has 1 aliphatic rings. The van der Waals surface area contributed by atoms with Crippen LogP contribution in [0.4, 0.5) is 26.3 Å². The fourth-order valence-corrected chi connectivity index (χ4v) is 1.88. The number of aromatic nitrogens is 3. The van der Waals surface area contributed by atoms with Crippen molar-refractivity contribution in [1.29, 1.82) is 0 Å². The van der Waals surface area contributed by atoms with Gasteiger partial charge in [0.1, 0.15) is 5.82 Å². The van der Waals surface area contributed by atoms with Gasteiger partial charge in [0, 0.05) is 6.04 Å². The molecule has 0 saturated heterocycles. The van der Waals surface area contributed by atoms with E-state index in [-0.39, 0.29) is 12.4 Å². The van der Waals surface area contributed by atoms with Gasteiger partial charge in [0.15, 0.2) is 5.82 Å². The number of hydrogen-bond acceptors (Lipinski definition) is 3. The second-order valence-electron chi connectivity index (χ2n) is 4.30. The van der Waals surface area contributed by atoms with Crippen molar-refractivity contribution >= 4 is 0 Å². The third-order valence-corrected chi connectivity index (χ3v) is 2.80. The van der Waals surface area contributed by atoms with Gasteiger partial charge >= 0.3 is 12.4 Å². The first-order valence-electron chi connectivity index (χ1n) is 5.43. The summed E-state index contributed by atoms with van der Waals surface area (Å²) in [5, 5.41) is 6.41. The van der Waals surface area contributed by atoms with Crippen LogP contribution in [-0.2, 0) is 6.54 Å². The third-order valence-electron chi connectivity index (χ3n) is 2.80. The van der Waals surface area contributed by atoms with E-state index < -0.39 is 30.1 Å². The van der Waals surface area contributed by atoms with Gasteiger partial charge in [-0.1, -0.05) is 0 Å². The zero-order chi connectivity index (χ0) is 14.4. The van der Waals surface area contributed by atoms with E-state index in [1.165, 1.54) is 0 Å². The Hall–Kier alpha value is -1.32. The van der Waals surface area contributed by atoms with Crippen LogP contribution in [0.25, 0.3) is 0 Å². The highest BCUT2D eigenvalue weighted by atomic mass is 19.4. The smallest absolute Gasteiger partial charge is 0.324 e. The Labute approximate surface area is 103 Å². The Morgan fingerprint density at radius 1 is 1.11 bits per heavy atom. The van der Waals surface area contributed by atoms with Gasteiger partial charge in [-0.2, -0.15) is 26.3 Å². The summed E-state index contributed by atoms with van der Waals surface area (Å²) in [5.74, 6) is -4.81. The summed E-state index contributed by atoms with van der Waals surface area (Å²) in [4.78, 5) is 0. The van der Waals surface area contributed by atoms with E-state index in [0.29, 0.717) is 12.8 Å². The first-order valence-corrected chi connectivity index (χ1v) is 5.43. The van der Waals surface area contributed by atoms with E-state index in [0.717, 1.165) is 4.57 Å². The monoisotopic (exact) mass is 288 g/mol. The first kappa shape index (κ1) is 14.1. The molecule has 1 fully saturated rings. The van der Waals surface area contributed by atoms with E-state index in [9.17, 15) is 26.3 Å². The Morgan fingerprint density at radius 3 is 2.00 bits per heavy atom. The molecule has 2 rings (SSSR count). The summed E-state index contributed by atoms with van der Waals surface area (Å²) in [6, 6.07) is -0.421. The molecule has 0 aliphatic heterocycles. The molecule has 19 heavy (non-hydrogen) atoms. The van der Waals surface area contributed by atoms with Gasteiger partial charge in [0.2, 0.25) is 5.92 Å². The lowest BCUT2D eigenvalue weighted by Gasteiger charge is -2.23. The molecular formula is C9H10F6N4. The van der Waals surface area contributed by atoms with Crippen LogP contribution in [0.15, 0.2) is 0 Å². The largest absolute Gasteiger partial charge is 0.407 e. The van der Waals surface area contributed by atoms with Crippen molar-refractivity contribution in [3.8, 4) is 0 Å². The zero-order valence-electron chi connectivity index (χ0n) is 9.46. The summed E-state index contributed by atoms with van der Waals surface area (Å²) in [5.41, 5.74) is 5.26. The standard InChI is InChI=1S/C9H10F6N4/c10-8(11,12)6(9(13,14)15)7-18-17-5(3-16)19(7)4-1-2-4/h4,6H,1-3,16H2. The number of alkyl halides is 6. The quantitative estimate of drug-likeness (QED) is 0.868. The molecule has 0 unspecified atom stereocenters. The van der Waals surface area contributed by atoms with Gasteiger partial charge in [-0.3, -0.25) is 0 Å². The molecule has 1 aromatic rings. The van der Waals surface area contributed by atoms with E-state index in [2.05, 4.69) is 10.2 Å². The van der Waals surface area contributed by atoms with Gasteiger partial charge < -0.3 is 10.3 Å². The predicted octanol–water partition coefficient (Wildman–Crippen LogP) is 2.28. The Balaban J connectivity index is 2.51. The van der Waals surface area contributed by atoms with Gasteiger partial charge in [-0.15, -0.1) is 10.2 Å². The fraction of sp³-hybridized carbons (Fsp3) is 0.778.